The smallest absolute Gasteiger partial charge is 0.381 e. The van der Waals surface area contributed by atoms with Gasteiger partial charge in [0.2, 0.25) is 5.03 Å². The Morgan fingerprint density at radius 1 is 1.02 bits per heavy atom. The maximum atomic E-state index is 13.6. The van der Waals surface area contributed by atoms with Crippen molar-refractivity contribution in [3.63, 3.8) is 0 Å². The molecule has 2 aromatic rings. The monoisotopic (exact) mass is 619 g/mol. The lowest BCUT2D eigenvalue weighted by Gasteiger charge is -2.49. The number of ether oxygens (including phenoxy) is 1. The van der Waals surface area contributed by atoms with E-state index in [4.69, 9.17) is 4.74 Å². The Bertz CT molecular complexity index is 1300. The normalized spacial score (nSPS) is 19.3. The lowest BCUT2D eigenvalue weighted by atomic mass is 9.81. The third kappa shape index (κ3) is 6.78. The molecule has 0 N–H and O–H groups in total. The highest BCUT2D eigenvalue weighted by Crippen LogP contribution is 2.39. The fourth-order valence-electron chi connectivity index (χ4n) is 5.13. The van der Waals surface area contributed by atoms with Gasteiger partial charge < -0.3 is 4.74 Å². The fourth-order valence-corrected chi connectivity index (χ4v) is 6.47. The number of hydrogen-bond acceptors (Lipinski definition) is 7. The summed E-state index contributed by atoms with van der Waals surface area (Å²) in [7, 11) is -2.32. The number of benzene rings is 1. The van der Waals surface area contributed by atoms with Gasteiger partial charge in [0, 0.05) is 64.0 Å². The SMILES string of the molecule is Cl.Cn1cc(S(=O)(=O)N2CCN(C3(CCC(=O)c4ccc(C(F)(F)F)cc4C(F)(F)F)CCOCC3)CC2)nn1. The van der Waals surface area contributed by atoms with Crippen LogP contribution in [-0.2, 0) is 34.2 Å². The molecule has 0 atom stereocenters. The standard InChI is InChI=1S/C23H27F6N5O4S.ClH/c1-32-15-20(30-31-32)39(36,37)34-10-8-33(9-11-34)21(6-12-38-13-7-21)5-4-19(35)17-3-2-16(22(24,25)26)14-18(17)23(27,28)29;/h2-3,14-15H,4-13H2,1H3;1H. The van der Waals surface area contributed by atoms with Crippen LogP contribution >= 0.6 is 12.4 Å². The number of rotatable bonds is 7. The van der Waals surface area contributed by atoms with Gasteiger partial charge in [-0.05, 0) is 31.4 Å². The predicted octanol–water partition coefficient (Wildman–Crippen LogP) is 3.79. The highest BCUT2D eigenvalue weighted by atomic mass is 35.5. The number of piperazine rings is 1. The van der Waals surface area contributed by atoms with Gasteiger partial charge in [-0.2, -0.15) is 30.6 Å². The molecule has 4 rings (SSSR count). The molecular formula is C23H28ClF6N5O4S. The number of alkyl halides is 6. The van der Waals surface area contributed by atoms with Crippen molar-refractivity contribution in [2.75, 3.05) is 39.4 Å². The number of sulfonamides is 1. The summed E-state index contributed by atoms with van der Waals surface area (Å²) in [6, 6.07) is 1.03. The van der Waals surface area contributed by atoms with Crippen LogP contribution in [0.25, 0.3) is 0 Å². The first-order valence-corrected chi connectivity index (χ1v) is 13.6. The second-order valence-corrected chi connectivity index (χ2v) is 11.5. The number of ketones is 1. The number of aromatic nitrogens is 3. The molecule has 40 heavy (non-hydrogen) atoms. The van der Waals surface area contributed by atoms with E-state index in [1.807, 2.05) is 4.90 Å². The van der Waals surface area contributed by atoms with Gasteiger partial charge >= 0.3 is 12.4 Å². The molecule has 0 saturated carbocycles. The largest absolute Gasteiger partial charge is 0.417 e. The minimum absolute atomic E-state index is 0. The van der Waals surface area contributed by atoms with Crippen LogP contribution < -0.4 is 0 Å². The van der Waals surface area contributed by atoms with Gasteiger partial charge in [-0.3, -0.25) is 14.4 Å². The van der Waals surface area contributed by atoms with E-state index in [-0.39, 0.29) is 49.4 Å². The van der Waals surface area contributed by atoms with Crippen molar-refractivity contribution in [3.05, 3.63) is 41.1 Å². The number of hydrogen-bond donors (Lipinski definition) is 0. The molecule has 1 aromatic carbocycles. The maximum Gasteiger partial charge on any atom is 0.417 e. The lowest BCUT2D eigenvalue weighted by molar-refractivity contribution is -0.143. The van der Waals surface area contributed by atoms with Crippen LogP contribution in [-0.4, -0.2) is 83.3 Å². The summed E-state index contributed by atoms with van der Waals surface area (Å²) in [6.45, 7) is 1.57. The van der Waals surface area contributed by atoms with Gasteiger partial charge in [0.1, 0.15) is 0 Å². The zero-order valence-electron chi connectivity index (χ0n) is 21.3. The van der Waals surface area contributed by atoms with Crippen LogP contribution in [0.5, 0.6) is 0 Å². The Kier molecular flexibility index (Phi) is 9.61. The molecule has 17 heteroatoms. The maximum absolute atomic E-state index is 13.6. The molecule has 0 spiro atoms. The second kappa shape index (κ2) is 11.9. The summed E-state index contributed by atoms with van der Waals surface area (Å²) in [5.41, 5.74) is -4.55. The van der Waals surface area contributed by atoms with Crippen molar-refractivity contribution in [2.45, 2.75) is 48.6 Å². The molecule has 0 unspecified atom stereocenters. The average Bonchev–Trinajstić information content (AvgIpc) is 3.33. The van der Waals surface area contributed by atoms with Gasteiger partial charge in [-0.25, -0.2) is 8.42 Å². The van der Waals surface area contributed by atoms with Crippen LogP contribution in [0.4, 0.5) is 26.3 Å². The highest BCUT2D eigenvalue weighted by molar-refractivity contribution is 7.89. The summed E-state index contributed by atoms with van der Waals surface area (Å²) in [5.74, 6) is -0.911. The summed E-state index contributed by atoms with van der Waals surface area (Å²) in [6.07, 6.45) is -8.09. The zero-order valence-corrected chi connectivity index (χ0v) is 23.0. The number of nitrogens with zero attached hydrogens (tertiary/aromatic N) is 5. The first-order chi connectivity index (χ1) is 18.1. The molecule has 1 aromatic heterocycles. The Morgan fingerprint density at radius 2 is 1.65 bits per heavy atom. The molecule has 2 aliphatic rings. The van der Waals surface area contributed by atoms with E-state index in [0.717, 1.165) is 0 Å². The Labute approximate surface area is 232 Å². The van der Waals surface area contributed by atoms with E-state index in [1.165, 1.54) is 15.2 Å². The summed E-state index contributed by atoms with van der Waals surface area (Å²) >= 11 is 0. The minimum Gasteiger partial charge on any atom is -0.381 e. The van der Waals surface area contributed by atoms with Crippen LogP contribution in [0.15, 0.2) is 29.4 Å². The van der Waals surface area contributed by atoms with E-state index in [1.54, 1.807) is 7.05 Å². The quantitative estimate of drug-likeness (QED) is 0.344. The number of aryl methyl sites for hydroxylation is 1. The first kappa shape index (κ1) is 32.2. The van der Waals surface area contributed by atoms with E-state index in [0.29, 0.717) is 51.3 Å². The third-order valence-corrected chi connectivity index (χ3v) is 9.05. The average molecular weight is 620 g/mol. The molecule has 0 radical (unpaired) electrons. The molecule has 2 saturated heterocycles. The van der Waals surface area contributed by atoms with Crippen molar-refractivity contribution in [1.29, 1.82) is 0 Å². The Hall–Kier alpha value is -2.27. The Balaban J connectivity index is 0.00000441. The van der Waals surface area contributed by atoms with Crippen LogP contribution in [0.1, 0.15) is 47.2 Å². The van der Waals surface area contributed by atoms with Gasteiger partial charge in [0.25, 0.3) is 10.0 Å². The molecule has 9 nitrogen and oxygen atoms in total. The predicted molar refractivity (Wildman–Crippen MR) is 131 cm³/mol. The molecule has 224 valence electrons. The molecule has 0 bridgehead atoms. The number of Topliss-reactive ketones (excluding diaryl/α,β-unsaturated/α-hetero) is 1. The van der Waals surface area contributed by atoms with E-state index in [9.17, 15) is 39.6 Å². The summed E-state index contributed by atoms with van der Waals surface area (Å²) in [4.78, 5) is 15.0. The van der Waals surface area contributed by atoms with Gasteiger partial charge in [0.05, 0.1) is 17.3 Å². The number of carbonyl (C=O) groups is 1. The van der Waals surface area contributed by atoms with E-state index >= 15 is 0 Å². The number of carbonyl (C=O) groups excluding carboxylic acids is 1. The van der Waals surface area contributed by atoms with Crippen LogP contribution in [0.2, 0.25) is 0 Å². The molecule has 0 aliphatic carbocycles. The third-order valence-electron chi connectivity index (χ3n) is 7.29. The van der Waals surface area contributed by atoms with Gasteiger partial charge in [-0.1, -0.05) is 11.3 Å². The van der Waals surface area contributed by atoms with Crippen molar-refractivity contribution in [2.24, 2.45) is 7.05 Å². The lowest BCUT2D eigenvalue weighted by Crippen LogP contribution is -2.59. The molecule has 2 fully saturated rings. The van der Waals surface area contributed by atoms with Gasteiger partial charge in [0.15, 0.2) is 5.78 Å². The molecule has 2 aliphatic heterocycles. The zero-order chi connectivity index (χ0) is 28.6. The van der Waals surface area contributed by atoms with E-state index in [2.05, 4.69) is 10.3 Å². The van der Waals surface area contributed by atoms with Gasteiger partial charge in [-0.15, -0.1) is 17.5 Å². The van der Waals surface area contributed by atoms with Crippen LogP contribution in [0.3, 0.4) is 0 Å². The van der Waals surface area contributed by atoms with Crippen molar-refractivity contribution in [3.8, 4) is 0 Å². The number of halogens is 7. The van der Waals surface area contributed by atoms with Crippen molar-refractivity contribution < 1.29 is 44.3 Å². The minimum atomic E-state index is -5.15. The fraction of sp³-hybridized carbons (Fsp3) is 0.609. The van der Waals surface area contributed by atoms with Crippen molar-refractivity contribution >= 4 is 28.2 Å². The van der Waals surface area contributed by atoms with E-state index < -0.39 is 50.4 Å². The second-order valence-electron chi connectivity index (χ2n) is 9.64. The topological polar surface area (TPSA) is 97.6 Å². The Morgan fingerprint density at radius 3 is 2.17 bits per heavy atom. The molecule has 3 heterocycles. The van der Waals surface area contributed by atoms with Crippen LogP contribution in [0, 0.1) is 0 Å². The highest BCUT2D eigenvalue weighted by Gasteiger charge is 2.43. The van der Waals surface area contributed by atoms with Crippen molar-refractivity contribution in [1.82, 2.24) is 24.2 Å². The molecular weight excluding hydrogens is 592 g/mol. The first-order valence-electron chi connectivity index (χ1n) is 12.1. The summed E-state index contributed by atoms with van der Waals surface area (Å²) in [5, 5.41) is 7.16. The summed E-state index contributed by atoms with van der Waals surface area (Å²) < 4.78 is 114. The molecule has 0 amide bonds.